The summed E-state index contributed by atoms with van der Waals surface area (Å²) >= 11 is 0. The molecular formula is C15H16FN3O. The van der Waals surface area contributed by atoms with Crippen LogP contribution >= 0.6 is 0 Å². The van der Waals surface area contributed by atoms with Gasteiger partial charge < -0.3 is 9.47 Å². The molecule has 0 radical (unpaired) electrons. The van der Waals surface area contributed by atoms with Gasteiger partial charge in [-0.2, -0.15) is 0 Å². The van der Waals surface area contributed by atoms with Crippen LogP contribution in [0.25, 0.3) is 0 Å². The van der Waals surface area contributed by atoms with Crippen molar-refractivity contribution in [3.8, 4) is 0 Å². The molecule has 1 atom stereocenters. The Labute approximate surface area is 116 Å². The number of hydrogen-bond acceptors (Lipinski definition) is 2. The first-order valence-corrected chi connectivity index (χ1v) is 6.73. The van der Waals surface area contributed by atoms with Crippen molar-refractivity contribution < 1.29 is 9.18 Å². The predicted octanol–water partition coefficient (Wildman–Crippen LogP) is 2.52. The summed E-state index contributed by atoms with van der Waals surface area (Å²) in [6, 6.07) is 6.33. The first kappa shape index (κ1) is 12.8. The smallest absolute Gasteiger partial charge is 0.243 e. The van der Waals surface area contributed by atoms with E-state index in [1.165, 1.54) is 12.1 Å². The van der Waals surface area contributed by atoms with E-state index >= 15 is 0 Å². The molecule has 0 unspecified atom stereocenters. The number of amides is 1. The van der Waals surface area contributed by atoms with Crippen molar-refractivity contribution in [3.05, 3.63) is 53.9 Å². The van der Waals surface area contributed by atoms with Gasteiger partial charge in [-0.25, -0.2) is 9.37 Å². The molecule has 20 heavy (non-hydrogen) atoms. The van der Waals surface area contributed by atoms with Gasteiger partial charge in [-0.3, -0.25) is 4.79 Å². The Morgan fingerprint density at radius 2 is 2.10 bits per heavy atom. The van der Waals surface area contributed by atoms with E-state index in [0.29, 0.717) is 13.1 Å². The zero-order valence-corrected chi connectivity index (χ0v) is 11.3. The fourth-order valence-electron chi connectivity index (χ4n) is 2.72. The van der Waals surface area contributed by atoms with Gasteiger partial charge in [0.1, 0.15) is 12.4 Å². The third kappa shape index (κ3) is 2.19. The highest BCUT2D eigenvalue weighted by atomic mass is 19.1. The van der Waals surface area contributed by atoms with Crippen molar-refractivity contribution in [2.45, 2.75) is 32.5 Å². The van der Waals surface area contributed by atoms with Crippen molar-refractivity contribution in [3.63, 3.8) is 0 Å². The average Bonchev–Trinajstić information content (AvgIpc) is 2.89. The van der Waals surface area contributed by atoms with Gasteiger partial charge in [0.25, 0.3) is 0 Å². The summed E-state index contributed by atoms with van der Waals surface area (Å²) in [5.41, 5.74) is 2.00. The molecule has 1 aromatic carbocycles. The van der Waals surface area contributed by atoms with E-state index in [4.69, 9.17) is 0 Å². The molecule has 0 aliphatic carbocycles. The number of imidazole rings is 1. The van der Waals surface area contributed by atoms with E-state index in [1.807, 2.05) is 15.7 Å². The molecule has 2 aromatic rings. The van der Waals surface area contributed by atoms with E-state index in [0.717, 1.165) is 17.7 Å². The van der Waals surface area contributed by atoms with Gasteiger partial charge in [0, 0.05) is 6.54 Å². The second kappa shape index (κ2) is 5.07. The van der Waals surface area contributed by atoms with Gasteiger partial charge in [-0.15, -0.1) is 0 Å². The first-order valence-electron chi connectivity index (χ1n) is 6.73. The number of fused-ring (bicyclic) bond motifs is 1. The zero-order valence-electron chi connectivity index (χ0n) is 11.3. The Morgan fingerprint density at radius 1 is 1.35 bits per heavy atom. The average molecular weight is 273 g/mol. The lowest BCUT2D eigenvalue weighted by Crippen LogP contribution is -2.41. The Morgan fingerprint density at radius 3 is 2.80 bits per heavy atom. The van der Waals surface area contributed by atoms with Gasteiger partial charge in [0.15, 0.2) is 0 Å². The van der Waals surface area contributed by atoms with E-state index in [9.17, 15) is 9.18 Å². The number of hydrogen-bond donors (Lipinski definition) is 0. The topological polar surface area (TPSA) is 38.1 Å². The van der Waals surface area contributed by atoms with Crippen LogP contribution in [0.15, 0.2) is 36.8 Å². The SMILES string of the molecule is CC[C@H]1c2cncn2CC(=O)N1Cc1ccc(F)cc1. The molecule has 0 spiro atoms. The molecule has 4 nitrogen and oxygen atoms in total. The summed E-state index contributed by atoms with van der Waals surface area (Å²) in [5, 5.41) is 0. The lowest BCUT2D eigenvalue weighted by molar-refractivity contribution is -0.137. The predicted molar refractivity (Wildman–Crippen MR) is 72.2 cm³/mol. The molecule has 1 aromatic heterocycles. The molecule has 1 aliphatic heterocycles. The number of nitrogens with zero attached hydrogens (tertiary/aromatic N) is 3. The second-order valence-corrected chi connectivity index (χ2v) is 5.02. The molecule has 104 valence electrons. The van der Waals surface area contributed by atoms with Crippen molar-refractivity contribution in [1.82, 2.24) is 14.5 Å². The number of halogens is 1. The third-order valence-electron chi connectivity index (χ3n) is 3.74. The van der Waals surface area contributed by atoms with Gasteiger partial charge in [0.2, 0.25) is 5.91 Å². The highest BCUT2D eigenvalue weighted by Crippen LogP contribution is 2.29. The number of carbonyl (C=O) groups is 1. The van der Waals surface area contributed by atoms with E-state index in [-0.39, 0.29) is 17.8 Å². The quantitative estimate of drug-likeness (QED) is 0.862. The summed E-state index contributed by atoms with van der Waals surface area (Å²) in [6.45, 7) is 2.88. The fourth-order valence-corrected chi connectivity index (χ4v) is 2.72. The van der Waals surface area contributed by atoms with Crippen LogP contribution in [0.3, 0.4) is 0 Å². The van der Waals surface area contributed by atoms with Crippen molar-refractivity contribution in [2.75, 3.05) is 0 Å². The van der Waals surface area contributed by atoms with Gasteiger partial charge >= 0.3 is 0 Å². The molecular weight excluding hydrogens is 257 g/mol. The van der Waals surface area contributed by atoms with Crippen molar-refractivity contribution >= 4 is 5.91 Å². The number of carbonyl (C=O) groups excluding carboxylic acids is 1. The molecule has 0 saturated heterocycles. The second-order valence-electron chi connectivity index (χ2n) is 5.02. The number of rotatable bonds is 3. The maximum absolute atomic E-state index is 12.9. The summed E-state index contributed by atoms with van der Waals surface area (Å²) in [4.78, 5) is 18.3. The lowest BCUT2D eigenvalue weighted by atomic mass is 10.1. The fraction of sp³-hybridized carbons (Fsp3) is 0.333. The van der Waals surface area contributed by atoms with Crippen LogP contribution in [-0.2, 0) is 17.9 Å². The van der Waals surface area contributed by atoms with E-state index in [1.54, 1.807) is 18.5 Å². The largest absolute Gasteiger partial charge is 0.328 e. The molecule has 2 heterocycles. The van der Waals surface area contributed by atoms with Gasteiger partial charge in [-0.1, -0.05) is 19.1 Å². The van der Waals surface area contributed by atoms with Crippen molar-refractivity contribution in [2.24, 2.45) is 0 Å². The number of benzene rings is 1. The number of aromatic nitrogens is 2. The van der Waals surface area contributed by atoms with Crippen molar-refractivity contribution in [1.29, 1.82) is 0 Å². The highest BCUT2D eigenvalue weighted by molar-refractivity contribution is 5.77. The molecule has 0 saturated carbocycles. The molecule has 1 aliphatic rings. The Balaban J connectivity index is 1.88. The molecule has 5 heteroatoms. The van der Waals surface area contributed by atoms with Crippen LogP contribution in [-0.4, -0.2) is 20.4 Å². The minimum Gasteiger partial charge on any atom is -0.328 e. The molecule has 0 bridgehead atoms. The monoisotopic (exact) mass is 273 g/mol. The first-order chi connectivity index (χ1) is 9.69. The normalized spacial score (nSPS) is 18.2. The van der Waals surface area contributed by atoms with Gasteiger partial charge in [0.05, 0.1) is 24.3 Å². The van der Waals surface area contributed by atoms with Gasteiger partial charge in [-0.05, 0) is 24.1 Å². The Bertz CT molecular complexity index is 620. The maximum atomic E-state index is 12.9. The van der Waals surface area contributed by atoms with Crippen LogP contribution < -0.4 is 0 Å². The van der Waals surface area contributed by atoms with Crippen LogP contribution in [0.4, 0.5) is 4.39 Å². The lowest BCUT2D eigenvalue weighted by Gasteiger charge is -2.36. The zero-order chi connectivity index (χ0) is 14.1. The summed E-state index contributed by atoms with van der Waals surface area (Å²) < 4.78 is 14.8. The standard InChI is InChI=1S/C15H16FN3O/c1-2-13-14-7-17-10-18(14)9-15(20)19(13)8-11-3-5-12(16)6-4-11/h3-7,10,13H,2,8-9H2,1H3/t13-/m0/s1. The minimum absolute atomic E-state index is 0.0313. The van der Waals surface area contributed by atoms with Crippen LogP contribution in [0.2, 0.25) is 0 Å². The maximum Gasteiger partial charge on any atom is 0.243 e. The summed E-state index contributed by atoms with van der Waals surface area (Å²) in [6.07, 6.45) is 4.35. The van der Waals surface area contributed by atoms with E-state index < -0.39 is 0 Å². The Hall–Kier alpha value is -2.17. The minimum atomic E-state index is -0.260. The van der Waals surface area contributed by atoms with Crippen LogP contribution in [0.1, 0.15) is 30.6 Å². The van der Waals surface area contributed by atoms with Crippen LogP contribution in [0.5, 0.6) is 0 Å². The highest BCUT2D eigenvalue weighted by Gasteiger charge is 2.31. The molecule has 0 fully saturated rings. The van der Waals surface area contributed by atoms with Crippen LogP contribution in [0, 0.1) is 5.82 Å². The summed E-state index contributed by atoms with van der Waals surface area (Å²) in [5.74, 6) is -0.185. The molecule has 0 N–H and O–H groups in total. The third-order valence-corrected chi connectivity index (χ3v) is 3.74. The molecule has 1 amide bonds. The molecule has 3 rings (SSSR count). The van der Waals surface area contributed by atoms with E-state index in [2.05, 4.69) is 11.9 Å². The summed E-state index contributed by atoms with van der Waals surface area (Å²) in [7, 11) is 0. The Kier molecular flexibility index (Phi) is 3.26.